The van der Waals surface area contributed by atoms with Gasteiger partial charge < -0.3 is 5.32 Å². The van der Waals surface area contributed by atoms with Gasteiger partial charge in [-0.1, -0.05) is 6.42 Å². The molecule has 0 bridgehead atoms. The van der Waals surface area contributed by atoms with Gasteiger partial charge in [-0.2, -0.15) is 12.7 Å². The highest BCUT2D eigenvalue weighted by atomic mass is 32.2. The Hall–Kier alpha value is -0.170. The summed E-state index contributed by atoms with van der Waals surface area (Å²) in [6, 6.07) is 0.103. The highest BCUT2D eigenvalue weighted by molar-refractivity contribution is 7.87. The van der Waals surface area contributed by atoms with E-state index < -0.39 is 10.2 Å². The van der Waals surface area contributed by atoms with Gasteiger partial charge in [0.1, 0.15) is 0 Å². The molecule has 1 aliphatic heterocycles. The van der Waals surface area contributed by atoms with Crippen molar-refractivity contribution in [2.45, 2.75) is 25.3 Å². The van der Waals surface area contributed by atoms with Crippen LogP contribution < -0.4 is 10.0 Å². The minimum absolute atomic E-state index is 0.103. The minimum atomic E-state index is -3.25. The summed E-state index contributed by atoms with van der Waals surface area (Å²) in [5, 5.41) is 3.03. The van der Waals surface area contributed by atoms with Crippen molar-refractivity contribution in [3.8, 4) is 0 Å². The lowest BCUT2D eigenvalue weighted by Gasteiger charge is -2.34. The summed E-state index contributed by atoms with van der Waals surface area (Å²) >= 11 is 0. The van der Waals surface area contributed by atoms with Gasteiger partial charge in [0.15, 0.2) is 0 Å². The number of piperidine rings is 1. The molecule has 0 spiro atoms. The summed E-state index contributed by atoms with van der Waals surface area (Å²) in [6.45, 7) is 1.36. The van der Waals surface area contributed by atoms with Crippen LogP contribution in [0.5, 0.6) is 0 Å². The summed E-state index contributed by atoms with van der Waals surface area (Å²) in [6.07, 6.45) is 3.02. The summed E-state index contributed by atoms with van der Waals surface area (Å²) in [7, 11) is 0.0554. The molecule has 5 nitrogen and oxygen atoms in total. The van der Waals surface area contributed by atoms with E-state index in [0.29, 0.717) is 6.54 Å². The molecule has 6 heteroatoms. The van der Waals surface area contributed by atoms with Gasteiger partial charge in [-0.15, -0.1) is 0 Å². The van der Waals surface area contributed by atoms with E-state index in [0.717, 1.165) is 25.8 Å². The molecule has 0 aromatic heterocycles. The second-order valence-electron chi connectivity index (χ2n) is 3.53. The fourth-order valence-electron chi connectivity index (χ4n) is 1.85. The van der Waals surface area contributed by atoms with Crippen molar-refractivity contribution in [1.29, 1.82) is 0 Å². The summed E-state index contributed by atoms with van der Waals surface area (Å²) < 4.78 is 27.2. The Balaban J connectivity index is 2.72. The SMILES string of the molecule is CNCC1CCCCN1S(=O)(=O)NC. The average molecular weight is 221 g/mol. The molecule has 1 unspecified atom stereocenters. The van der Waals surface area contributed by atoms with E-state index in [1.54, 1.807) is 4.31 Å². The highest BCUT2D eigenvalue weighted by Gasteiger charge is 2.30. The number of nitrogens with zero attached hydrogens (tertiary/aromatic N) is 1. The van der Waals surface area contributed by atoms with Gasteiger partial charge in [0.25, 0.3) is 10.2 Å². The van der Waals surface area contributed by atoms with Crippen molar-refractivity contribution in [2.75, 3.05) is 27.2 Å². The smallest absolute Gasteiger partial charge is 0.279 e. The molecule has 1 heterocycles. The monoisotopic (exact) mass is 221 g/mol. The molecule has 2 N–H and O–H groups in total. The third-order valence-electron chi connectivity index (χ3n) is 2.58. The Morgan fingerprint density at radius 2 is 2.07 bits per heavy atom. The molecule has 0 aromatic rings. The first-order valence-corrected chi connectivity index (χ1v) is 6.40. The van der Waals surface area contributed by atoms with Gasteiger partial charge in [-0.3, -0.25) is 0 Å². The topological polar surface area (TPSA) is 61.4 Å². The van der Waals surface area contributed by atoms with Gasteiger partial charge in [0, 0.05) is 26.2 Å². The Morgan fingerprint density at radius 3 is 2.64 bits per heavy atom. The van der Waals surface area contributed by atoms with Crippen LogP contribution in [-0.2, 0) is 10.2 Å². The Labute approximate surface area is 86.0 Å². The first kappa shape index (κ1) is 11.9. The molecule has 14 heavy (non-hydrogen) atoms. The predicted octanol–water partition coefficient (Wildman–Crippen LogP) is -0.475. The molecule has 1 atom stereocenters. The van der Waals surface area contributed by atoms with E-state index in [-0.39, 0.29) is 6.04 Å². The van der Waals surface area contributed by atoms with Crippen LogP contribution in [0.3, 0.4) is 0 Å². The lowest BCUT2D eigenvalue weighted by Crippen LogP contribution is -2.51. The van der Waals surface area contributed by atoms with Crippen molar-refractivity contribution in [3.63, 3.8) is 0 Å². The van der Waals surface area contributed by atoms with Crippen molar-refractivity contribution in [2.24, 2.45) is 0 Å². The third kappa shape index (κ3) is 2.66. The van der Waals surface area contributed by atoms with Gasteiger partial charge in [-0.25, -0.2) is 4.72 Å². The molecule has 0 saturated carbocycles. The molecule has 0 aromatic carbocycles. The van der Waals surface area contributed by atoms with Crippen molar-refractivity contribution in [3.05, 3.63) is 0 Å². The molecule has 0 aliphatic carbocycles. The van der Waals surface area contributed by atoms with Crippen LogP contribution >= 0.6 is 0 Å². The van der Waals surface area contributed by atoms with Crippen LogP contribution in [0.1, 0.15) is 19.3 Å². The lowest BCUT2D eigenvalue weighted by atomic mass is 10.1. The largest absolute Gasteiger partial charge is 0.318 e. The summed E-state index contributed by atoms with van der Waals surface area (Å²) in [4.78, 5) is 0. The Bertz CT molecular complexity index is 264. The van der Waals surface area contributed by atoms with E-state index in [1.807, 2.05) is 7.05 Å². The average Bonchev–Trinajstić information content (AvgIpc) is 2.19. The zero-order chi connectivity index (χ0) is 10.6. The first-order chi connectivity index (χ1) is 6.61. The Morgan fingerprint density at radius 1 is 1.36 bits per heavy atom. The van der Waals surface area contributed by atoms with E-state index in [4.69, 9.17) is 0 Å². The maximum atomic E-state index is 11.6. The van der Waals surface area contributed by atoms with E-state index in [9.17, 15) is 8.42 Å². The second-order valence-corrected chi connectivity index (χ2v) is 5.35. The number of hydrogen-bond acceptors (Lipinski definition) is 3. The summed E-state index contributed by atoms with van der Waals surface area (Å²) in [5.74, 6) is 0. The van der Waals surface area contributed by atoms with Crippen molar-refractivity contribution in [1.82, 2.24) is 14.3 Å². The number of rotatable bonds is 4. The van der Waals surface area contributed by atoms with Crippen molar-refractivity contribution < 1.29 is 8.42 Å². The maximum Gasteiger partial charge on any atom is 0.279 e. The van der Waals surface area contributed by atoms with Crippen LogP contribution in [0.15, 0.2) is 0 Å². The normalized spacial score (nSPS) is 25.1. The minimum Gasteiger partial charge on any atom is -0.318 e. The number of likely N-dealkylation sites (N-methyl/N-ethyl adjacent to an activating group) is 1. The van der Waals surface area contributed by atoms with Gasteiger partial charge in [0.05, 0.1) is 0 Å². The predicted molar refractivity (Wildman–Crippen MR) is 56.3 cm³/mol. The number of hydrogen-bond donors (Lipinski definition) is 2. The zero-order valence-corrected chi connectivity index (χ0v) is 9.60. The molecular formula is C8H19N3O2S. The van der Waals surface area contributed by atoms with Gasteiger partial charge in [-0.05, 0) is 19.9 Å². The second kappa shape index (κ2) is 5.06. The molecule has 84 valence electrons. The highest BCUT2D eigenvalue weighted by Crippen LogP contribution is 2.18. The van der Waals surface area contributed by atoms with E-state index in [1.165, 1.54) is 7.05 Å². The van der Waals surface area contributed by atoms with E-state index in [2.05, 4.69) is 10.0 Å². The van der Waals surface area contributed by atoms with E-state index >= 15 is 0 Å². The van der Waals surface area contributed by atoms with Crippen LogP contribution in [0, 0.1) is 0 Å². The van der Waals surface area contributed by atoms with Crippen molar-refractivity contribution >= 4 is 10.2 Å². The standard InChI is InChI=1S/C8H19N3O2S/c1-9-7-8-5-3-4-6-11(8)14(12,13)10-2/h8-10H,3-7H2,1-2H3. The third-order valence-corrected chi connectivity index (χ3v) is 4.19. The number of nitrogens with one attached hydrogen (secondary N) is 2. The van der Waals surface area contributed by atoms with Gasteiger partial charge in [0.2, 0.25) is 0 Å². The van der Waals surface area contributed by atoms with Crippen LogP contribution in [0.4, 0.5) is 0 Å². The first-order valence-electron chi connectivity index (χ1n) is 4.96. The zero-order valence-electron chi connectivity index (χ0n) is 8.78. The fourth-order valence-corrected chi connectivity index (χ4v) is 3.02. The molecule has 0 radical (unpaired) electrons. The molecule has 1 fully saturated rings. The lowest BCUT2D eigenvalue weighted by molar-refractivity contribution is 0.247. The molecule has 1 saturated heterocycles. The molecule has 0 amide bonds. The summed E-state index contributed by atoms with van der Waals surface area (Å²) in [5.41, 5.74) is 0. The van der Waals surface area contributed by atoms with Gasteiger partial charge >= 0.3 is 0 Å². The molecular weight excluding hydrogens is 202 g/mol. The maximum absolute atomic E-state index is 11.6. The fraction of sp³-hybridized carbons (Fsp3) is 1.00. The van der Waals surface area contributed by atoms with Crippen LogP contribution in [0.25, 0.3) is 0 Å². The van der Waals surface area contributed by atoms with Crippen LogP contribution in [-0.4, -0.2) is 45.9 Å². The quantitative estimate of drug-likeness (QED) is 0.674. The van der Waals surface area contributed by atoms with Crippen LogP contribution in [0.2, 0.25) is 0 Å². The molecule has 1 rings (SSSR count). The molecule has 1 aliphatic rings. The Kier molecular flexibility index (Phi) is 4.31.